The van der Waals surface area contributed by atoms with Gasteiger partial charge in [0.1, 0.15) is 6.26 Å². The van der Waals surface area contributed by atoms with Crippen LogP contribution < -0.4 is 0 Å². The smallest absolute Gasteiger partial charge is 0.125 e. The van der Waals surface area contributed by atoms with E-state index in [4.69, 9.17) is 4.89 Å². The standard InChI is InChI=1S/C14H28O3/c1-3-5-6-7-8-9-10-11-12-13-14-16-17-15-4-2/h4H,2-3,5-14H2,1H3. The van der Waals surface area contributed by atoms with Crippen LogP contribution in [-0.2, 0) is 14.8 Å². The minimum Gasteiger partial charge on any atom is -0.317 e. The Morgan fingerprint density at radius 2 is 1.35 bits per heavy atom. The molecule has 0 atom stereocenters. The van der Waals surface area contributed by atoms with Gasteiger partial charge in [-0.3, -0.25) is 0 Å². The number of hydrogen-bond donors (Lipinski definition) is 0. The molecule has 0 amide bonds. The first-order valence-electron chi connectivity index (χ1n) is 6.97. The Kier molecular flexibility index (Phi) is 15.0. The maximum Gasteiger partial charge on any atom is 0.125 e. The van der Waals surface area contributed by atoms with Gasteiger partial charge in [0.05, 0.1) is 6.61 Å². The predicted molar refractivity (Wildman–Crippen MR) is 70.2 cm³/mol. The Morgan fingerprint density at radius 1 is 0.824 bits per heavy atom. The molecule has 0 spiro atoms. The van der Waals surface area contributed by atoms with Crippen LogP contribution in [-0.4, -0.2) is 6.61 Å². The van der Waals surface area contributed by atoms with Crippen LogP contribution in [0, 0.1) is 0 Å². The zero-order valence-corrected chi connectivity index (χ0v) is 11.3. The van der Waals surface area contributed by atoms with Crippen molar-refractivity contribution in [3.8, 4) is 0 Å². The lowest BCUT2D eigenvalue weighted by atomic mass is 10.1. The first kappa shape index (κ1) is 16.5. The maximum atomic E-state index is 4.75. The van der Waals surface area contributed by atoms with E-state index in [9.17, 15) is 0 Å². The largest absolute Gasteiger partial charge is 0.317 e. The predicted octanol–water partition coefficient (Wildman–Crippen LogP) is 4.93. The number of unbranched alkanes of at least 4 members (excludes halogenated alkanes) is 9. The second-order valence-electron chi connectivity index (χ2n) is 4.33. The maximum absolute atomic E-state index is 4.75. The van der Waals surface area contributed by atoms with Crippen LogP contribution in [0.25, 0.3) is 0 Å². The Labute approximate surface area is 106 Å². The highest BCUT2D eigenvalue weighted by molar-refractivity contribution is 4.47. The van der Waals surface area contributed by atoms with Crippen LogP contribution in [0.5, 0.6) is 0 Å². The summed E-state index contributed by atoms with van der Waals surface area (Å²) in [4.78, 5) is 9.12. The van der Waals surface area contributed by atoms with E-state index in [0.717, 1.165) is 6.42 Å². The molecule has 0 bridgehead atoms. The zero-order chi connectivity index (χ0) is 12.6. The molecule has 0 saturated carbocycles. The monoisotopic (exact) mass is 244 g/mol. The molecule has 0 rings (SSSR count). The molecular weight excluding hydrogens is 216 g/mol. The molecule has 0 N–H and O–H groups in total. The molecule has 17 heavy (non-hydrogen) atoms. The van der Waals surface area contributed by atoms with Crippen molar-refractivity contribution < 1.29 is 14.8 Å². The van der Waals surface area contributed by atoms with Gasteiger partial charge >= 0.3 is 0 Å². The van der Waals surface area contributed by atoms with Crippen LogP contribution >= 0.6 is 0 Å². The highest BCUT2D eigenvalue weighted by atomic mass is 17.5. The first-order valence-corrected chi connectivity index (χ1v) is 6.97. The van der Waals surface area contributed by atoms with E-state index < -0.39 is 0 Å². The number of rotatable bonds is 14. The van der Waals surface area contributed by atoms with Crippen molar-refractivity contribution in [1.82, 2.24) is 0 Å². The minimum atomic E-state index is 0.588. The van der Waals surface area contributed by atoms with Crippen LogP contribution in [0.1, 0.15) is 71.1 Å². The molecule has 0 fully saturated rings. The van der Waals surface area contributed by atoms with Gasteiger partial charge in [0.15, 0.2) is 0 Å². The average molecular weight is 244 g/mol. The molecule has 0 saturated heterocycles. The fourth-order valence-electron chi connectivity index (χ4n) is 1.74. The summed E-state index contributed by atoms with van der Waals surface area (Å²) in [6.45, 7) is 6.17. The molecule has 0 aliphatic heterocycles. The molecule has 0 heterocycles. The molecule has 0 unspecified atom stereocenters. The molecule has 3 nitrogen and oxygen atoms in total. The highest BCUT2D eigenvalue weighted by Crippen LogP contribution is 2.10. The van der Waals surface area contributed by atoms with Gasteiger partial charge in [-0.15, -0.1) is 0 Å². The summed E-state index contributed by atoms with van der Waals surface area (Å²) < 4.78 is 0. The molecule has 0 radical (unpaired) electrons. The lowest BCUT2D eigenvalue weighted by molar-refractivity contribution is -0.489. The van der Waals surface area contributed by atoms with Crippen molar-refractivity contribution in [1.29, 1.82) is 0 Å². The fraction of sp³-hybridized carbons (Fsp3) is 0.857. The van der Waals surface area contributed by atoms with Crippen molar-refractivity contribution >= 4 is 0 Å². The van der Waals surface area contributed by atoms with E-state index >= 15 is 0 Å². The van der Waals surface area contributed by atoms with Gasteiger partial charge in [0.2, 0.25) is 0 Å². The van der Waals surface area contributed by atoms with Gasteiger partial charge in [-0.2, -0.15) is 4.89 Å². The van der Waals surface area contributed by atoms with E-state index in [2.05, 4.69) is 23.4 Å². The molecular formula is C14H28O3. The van der Waals surface area contributed by atoms with Crippen molar-refractivity contribution in [2.45, 2.75) is 71.1 Å². The summed E-state index contributed by atoms with van der Waals surface area (Å²) in [6, 6.07) is 0. The lowest BCUT2D eigenvalue weighted by Gasteiger charge is -2.02. The van der Waals surface area contributed by atoms with Crippen LogP contribution in [0.15, 0.2) is 12.8 Å². The third-order valence-electron chi connectivity index (χ3n) is 2.74. The summed E-state index contributed by atoms with van der Waals surface area (Å²) in [5.74, 6) is 0. The summed E-state index contributed by atoms with van der Waals surface area (Å²) in [5, 5.41) is 4.35. The van der Waals surface area contributed by atoms with Crippen molar-refractivity contribution in [2.24, 2.45) is 0 Å². The summed E-state index contributed by atoms with van der Waals surface area (Å²) >= 11 is 0. The van der Waals surface area contributed by atoms with Gasteiger partial charge in [-0.05, 0) is 11.5 Å². The van der Waals surface area contributed by atoms with E-state index in [1.165, 1.54) is 64.0 Å². The van der Waals surface area contributed by atoms with E-state index in [1.807, 2.05) is 0 Å². The summed E-state index contributed by atoms with van der Waals surface area (Å²) in [7, 11) is 0. The molecule has 0 aromatic rings. The fourth-order valence-corrected chi connectivity index (χ4v) is 1.74. The normalized spacial score (nSPS) is 10.4. The second kappa shape index (κ2) is 15.5. The van der Waals surface area contributed by atoms with E-state index in [-0.39, 0.29) is 0 Å². The minimum absolute atomic E-state index is 0.588. The zero-order valence-electron chi connectivity index (χ0n) is 11.3. The molecule has 0 aliphatic carbocycles. The molecule has 102 valence electrons. The van der Waals surface area contributed by atoms with Gasteiger partial charge in [0, 0.05) is 0 Å². The third-order valence-corrected chi connectivity index (χ3v) is 2.74. The Bertz CT molecular complexity index is 148. The van der Waals surface area contributed by atoms with Crippen molar-refractivity contribution in [2.75, 3.05) is 6.61 Å². The van der Waals surface area contributed by atoms with Crippen molar-refractivity contribution in [3.05, 3.63) is 12.8 Å². The Balaban J connectivity index is 2.87. The van der Waals surface area contributed by atoms with Crippen LogP contribution in [0.2, 0.25) is 0 Å². The number of hydrogen-bond acceptors (Lipinski definition) is 3. The van der Waals surface area contributed by atoms with Crippen LogP contribution in [0.4, 0.5) is 0 Å². The first-order chi connectivity index (χ1) is 8.41. The second-order valence-corrected chi connectivity index (χ2v) is 4.33. The summed E-state index contributed by atoms with van der Waals surface area (Å²) in [6.07, 6.45) is 14.4. The SMILES string of the molecule is C=COOOCCCCCCCCCCCC. The van der Waals surface area contributed by atoms with Gasteiger partial charge in [0.25, 0.3) is 0 Å². The van der Waals surface area contributed by atoms with Crippen LogP contribution in [0.3, 0.4) is 0 Å². The quantitative estimate of drug-likeness (QED) is 0.188. The lowest BCUT2D eigenvalue weighted by Crippen LogP contribution is -1.95. The summed E-state index contributed by atoms with van der Waals surface area (Å²) in [5.41, 5.74) is 0. The van der Waals surface area contributed by atoms with E-state index in [1.54, 1.807) is 0 Å². The highest BCUT2D eigenvalue weighted by Gasteiger charge is 1.93. The van der Waals surface area contributed by atoms with Gasteiger partial charge < -0.3 is 4.89 Å². The Hall–Kier alpha value is -0.540. The topological polar surface area (TPSA) is 27.7 Å². The third kappa shape index (κ3) is 15.5. The van der Waals surface area contributed by atoms with Crippen molar-refractivity contribution in [3.63, 3.8) is 0 Å². The molecule has 3 heteroatoms. The molecule has 0 aromatic heterocycles. The molecule has 0 aromatic carbocycles. The van der Waals surface area contributed by atoms with Gasteiger partial charge in [-0.25, -0.2) is 0 Å². The van der Waals surface area contributed by atoms with E-state index in [0.29, 0.717) is 6.61 Å². The van der Waals surface area contributed by atoms with Gasteiger partial charge in [-0.1, -0.05) is 71.3 Å². The average Bonchev–Trinajstić information content (AvgIpc) is 2.35. The molecule has 0 aliphatic rings. The Morgan fingerprint density at radius 3 is 1.88 bits per heavy atom.